The lowest BCUT2D eigenvalue weighted by atomic mass is 10.8. The molecule has 1 atom stereocenters. The van der Waals surface area contributed by atoms with Gasteiger partial charge in [-0.15, -0.1) is 0 Å². The van der Waals surface area contributed by atoms with Crippen LogP contribution >= 0.6 is 0 Å². The number of azide groups is 1. The zero-order valence-electron chi connectivity index (χ0n) is 7.64. The maximum atomic E-state index is 8.20. The predicted octanol–water partition coefficient (Wildman–Crippen LogP) is 1.10. The summed E-state index contributed by atoms with van der Waals surface area (Å²) >= 11 is 0. The van der Waals surface area contributed by atoms with Gasteiger partial charge in [-0.2, -0.15) is 0 Å². The van der Waals surface area contributed by atoms with Crippen molar-refractivity contribution in [3.8, 4) is 0 Å². The number of nitrogens with zero attached hydrogens (tertiary/aromatic N) is 3. The van der Waals surface area contributed by atoms with E-state index in [2.05, 4.69) is 10.0 Å². The summed E-state index contributed by atoms with van der Waals surface area (Å²) < 4.78 is 15.2. The van der Waals surface area contributed by atoms with Gasteiger partial charge >= 0.3 is 8.80 Å². The predicted molar refractivity (Wildman–Crippen MR) is 45.4 cm³/mol. The van der Waals surface area contributed by atoms with Crippen LogP contribution < -0.4 is 0 Å². The Morgan fingerprint density at radius 3 is 1.92 bits per heavy atom. The molecule has 6 nitrogen and oxygen atoms in total. The molecule has 0 radical (unpaired) electrons. The van der Waals surface area contributed by atoms with E-state index in [1.165, 1.54) is 21.3 Å². The Hall–Kier alpha value is -0.593. The maximum absolute atomic E-state index is 8.20. The van der Waals surface area contributed by atoms with E-state index in [-0.39, 0.29) is 0 Å². The van der Waals surface area contributed by atoms with Crippen LogP contribution in [0.5, 0.6) is 0 Å². The van der Waals surface area contributed by atoms with Gasteiger partial charge in [-0.25, -0.2) is 0 Å². The van der Waals surface area contributed by atoms with Crippen LogP contribution in [0.1, 0.15) is 6.92 Å². The fraction of sp³-hybridized carbons (Fsp3) is 1.00. The van der Waals surface area contributed by atoms with Crippen molar-refractivity contribution in [2.75, 3.05) is 21.3 Å². The van der Waals surface area contributed by atoms with Crippen LogP contribution in [0.3, 0.4) is 0 Å². The molecule has 0 N–H and O–H groups in total. The van der Waals surface area contributed by atoms with Gasteiger partial charge in [0.05, 0.1) is 0 Å². The summed E-state index contributed by atoms with van der Waals surface area (Å²) in [6, 6.07) is 0. The first kappa shape index (κ1) is 11.4. The van der Waals surface area contributed by atoms with Crippen molar-refractivity contribution in [1.82, 2.24) is 0 Å². The molecule has 0 rings (SSSR count). The zero-order chi connectivity index (χ0) is 9.61. The van der Waals surface area contributed by atoms with Gasteiger partial charge in [0.25, 0.3) is 0 Å². The topological polar surface area (TPSA) is 76.5 Å². The lowest BCUT2D eigenvalue weighted by molar-refractivity contribution is 0.115. The van der Waals surface area contributed by atoms with Crippen LogP contribution in [0.2, 0.25) is 0 Å². The van der Waals surface area contributed by atoms with Gasteiger partial charge in [0, 0.05) is 26.2 Å². The van der Waals surface area contributed by atoms with Gasteiger partial charge in [-0.05, 0) is 5.53 Å². The van der Waals surface area contributed by atoms with Crippen molar-refractivity contribution in [1.29, 1.82) is 0 Å². The van der Waals surface area contributed by atoms with E-state index in [4.69, 9.17) is 18.8 Å². The highest BCUT2D eigenvalue weighted by Gasteiger charge is 2.44. The minimum atomic E-state index is -2.76. The summed E-state index contributed by atoms with van der Waals surface area (Å²) in [5, 5.41) is 3.48. The summed E-state index contributed by atoms with van der Waals surface area (Å²) in [6.45, 7) is 1.70. The molecule has 0 aromatic rings. The van der Waals surface area contributed by atoms with Crippen LogP contribution in [0.25, 0.3) is 10.4 Å². The Balaban J connectivity index is 4.56. The van der Waals surface area contributed by atoms with Gasteiger partial charge in [-0.1, -0.05) is 12.0 Å². The Morgan fingerprint density at radius 2 is 1.67 bits per heavy atom. The van der Waals surface area contributed by atoms with Crippen molar-refractivity contribution in [2.45, 2.75) is 12.6 Å². The lowest BCUT2D eigenvalue weighted by Crippen LogP contribution is -2.52. The molecular weight excluding hydrogens is 178 g/mol. The monoisotopic (exact) mass is 191 g/mol. The van der Waals surface area contributed by atoms with E-state index in [1.54, 1.807) is 6.92 Å². The van der Waals surface area contributed by atoms with E-state index in [9.17, 15) is 0 Å². The molecule has 0 fully saturated rings. The van der Waals surface area contributed by atoms with Crippen LogP contribution in [-0.2, 0) is 13.3 Å². The van der Waals surface area contributed by atoms with Crippen molar-refractivity contribution < 1.29 is 13.3 Å². The maximum Gasteiger partial charge on any atom is 0.509 e. The third-order valence-electron chi connectivity index (χ3n) is 1.59. The van der Waals surface area contributed by atoms with Crippen molar-refractivity contribution >= 4 is 8.80 Å². The van der Waals surface area contributed by atoms with Crippen molar-refractivity contribution in [3.63, 3.8) is 0 Å². The van der Waals surface area contributed by atoms with E-state index < -0.39 is 14.5 Å². The van der Waals surface area contributed by atoms with Crippen molar-refractivity contribution in [3.05, 3.63) is 10.4 Å². The highest BCUT2D eigenvalue weighted by molar-refractivity contribution is 6.62. The third kappa shape index (κ3) is 2.19. The standard InChI is InChI=1S/C5H13N3O3Si/c1-5(7-8-6)12(9-2,10-3)11-4/h5H,1-4H3. The van der Waals surface area contributed by atoms with Crippen LogP contribution in [-0.4, -0.2) is 35.8 Å². The summed E-state index contributed by atoms with van der Waals surface area (Å²) in [4.78, 5) is 2.67. The number of rotatable bonds is 5. The summed E-state index contributed by atoms with van der Waals surface area (Å²) in [5.41, 5.74) is 7.79. The van der Waals surface area contributed by atoms with Gasteiger partial charge < -0.3 is 13.3 Å². The van der Waals surface area contributed by atoms with E-state index >= 15 is 0 Å². The highest BCUT2D eigenvalue weighted by Crippen LogP contribution is 2.14. The molecule has 0 aromatic carbocycles. The third-order valence-corrected chi connectivity index (χ3v) is 4.44. The fourth-order valence-corrected chi connectivity index (χ4v) is 2.63. The van der Waals surface area contributed by atoms with Gasteiger partial charge in [-0.3, -0.25) is 0 Å². The molecule has 0 bridgehead atoms. The molecule has 12 heavy (non-hydrogen) atoms. The molecule has 0 saturated carbocycles. The zero-order valence-corrected chi connectivity index (χ0v) is 8.64. The van der Waals surface area contributed by atoms with Gasteiger partial charge in [0.2, 0.25) is 0 Å². The van der Waals surface area contributed by atoms with Crippen molar-refractivity contribution in [2.24, 2.45) is 5.11 Å². The van der Waals surface area contributed by atoms with E-state index in [0.717, 1.165) is 0 Å². The molecule has 70 valence electrons. The second-order valence-corrected chi connectivity index (χ2v) is 5.36. The Kier molecular flexibility index (Phi) is 4.87. The molecule has 0 saturated heterocycles. The first-order chi connectivity index (χ1) is 5.66. The average Bonchev–Trinajstić information content (AvgIpc) is 2.09. The summed E-state index contributed by atoms with van der Waals surface area (Å²) in [6.07, 6.45) is 0. The van der Waals surface area contributed by atoms with Crippen LogP contribution in [0, 0.1) is 0 Å². The minimum Gasteiger partial charge on any atom is -0.377 e. The quantitative estimate of drug-likeness (QED) is 0.282. The molecule has 0 spiro atoms. The molecular formula is C5H13N3O3Si. The van der Waals surface area contributed by atoms with Gasteiger partial charge in [0.15, 0.2) is 0 Å². The van der Waals surface area contributed by atoms with Gasteiger partial charge in [0.1, 0.15) is 5.67 Å². The molecule has 0 amide bonds. The number of hydrogen-bond acceptors (Lipinski definition) is 4. The first-order valence-corrected chi connectivity index (χ1v) is 5.16. The number of hydrogen-bond donors (Lipinski definition) is 0. The first-order valence-electron chi connectivity index (χ1n) is 3.36. The highest BCUT2D eigenvalue weighted by atomic mass is 28.4. The molecule has 7 heteroatoms. The molecule has 0 aromatic heterocycles. The van der Waals surface area contributed by atoms with E-state index in [0.29, 0.717) is 0 Å². The smallest absolute Gasteiger partial charge is 0.377 e. The largest absolute Gasteiger partial charge is 0.509 e. The second-order valence-electron chi connectivity index (χ2n) is 2.10. The molecule has 0 heterocycles. The molecule has 0 aliphatic rings. The SMILES string of the molecule is CO[Si](OC)(OC)C(C)N=[N+]=[N-]. The second kappa shape index (κ2) is 5.12. The Bertz CT molecular complexity index is 171. The Morgan fingerprint density at radius 1 is 1.25 bits per heavy atom. The minimum absolute atomic E-state index is 0.414. The summed E-state index contributed by atoms with van der Waals surface area (Å²) in [7, 11) is 1.66. The summed E-state index contributed by atoms with van der Waals surface area (Å²) in [5.74, 6) is 0. The average molecular weight is 191 g/mol. The lowest BCUT2D eigenvalue weighted by Gasteiger charge is -2.27. The fourth-order valence-electron chi connectivity index (χ4n) is 0.910. The van der Waals surface area contributed by atoms with Crippen LogP contribution in [0.15, 0.2) is 5.11 Å². The van der Waals surface area contributed by atoms with E-state index in [1.807, 2.05) is 0 Å². The van der Waals surface area contributed by atoms with Crippen LogP contribution in [0.4, 0.5) is 0 Å². The molecule has 0 aliphatic carbocycles. The molecule has 0 aliphatic heterocycles. The normalized spacial score (nSPS) is 13.7. The molecule has 1 unspecified atom stereocenters. The Labute approximate surface area is 72.4 Å².